The van der Waals surface area contributed by atoms with E-state index in [1.165, 1.54) is 83.5 Å². The van der Waals surface area contributed by atoms with Crippen molar-refractivity contribution in [1.29, 1.82) is 0 Å². The number of nitrogens with one attached hydrogen (secondary N) is 4. The number of nitrogens with zero attached hydrogens (tertiary/aromatic N) is 13. The summed E-state index contributed by atoms with van der Waals surface area (Å²) in [6.45, 7) is 18.7. The van der Waals surface area contributed by atoms with Crippen LogP contribution in [0.4, 0.5) is 50.8 Å². The van der Waals surface area contributed by atoms with Crippen molar-refractivity contribution < 1.29 is 40.2 Å². The Morgan fingerprint density at radius 1 is 0.684 bits per heavy atom. The van der Waals surface area contributed by atoms with E-state index in [4.69, 9.17) is 29.2 Å². The second-order valence-corrected chi connectivity index (χ2v) is 44.3. The number of hydrogen-bond donors (Lipinski definition) is 4. The van der Waals surface area contributed by atoms with Crippen LogP contribution in [0.5, 0.6) is 5.75 Å². The Morgan fingerprint density at radius 3 is 2.02 bits per heavy atom. The standard InChI is InChI=1S/C34H42N4O3S2.C33H38FN7O5S.C33H34N6O2S2/c1-23(2)43(39,40)32-9-6-7-30(24(32)3)28-19-27-20-35-34(37-33(27)38(22-28)21-25-14-16-41-17-15-25)36-29-12-10-26(11-13-29)31-8-4-5-18-42-31;1-22-17-25(47(44,45)16-15-46-2)6-7-26(22)27-18-23-20-36-33(37-24-5-8-29(28(34)19-24)39-13-9-35-10-14-39)38-31(23)41(32(27)43)21-30(42)40-11-3-4-12-40;1-21-4-9-27(43(3)26-10-11-26)17-28(21)29-16-22-18-35-33(37-31(22)39(32(29)40)20-30-34-13-15-42-30)36-23-5-7-24(8-6-23)41-25-12-14-38(2)19-25/h6-7,9-13,19-20,23,25,31H,4-5,8,14-18,21-22H2,1-3H3,(H,35,36,37);5-8,17-20,35H,3-4,9-16,21H2,1-2H3,(H,36,37,38);4-9,13,15-18,25-26H,3,10-12,14,19-20H2,1-2H3,(H,35,36,37). The number of methoxy groups -OCH3 is 1. The Balaban J connectivity index is 0.000000139. The highest BCUT2D eigenvalue weighted by molar-refractivity contribution is 8.14. The van der Waals surface area contributed by atoms with Gasteiger partial charge in [0.2, 0.25) is 23.8 Å². The topological polar surface area (TPSA) is 308 Å². The molecule has 7 aliphatic rings. The van der Waals surface area contributed by atoms with Crippen molar-refractivity contribution in [2.45, 2.75) is 148 Å². The first kappa shape index (κ1) is 93.7. The number of piperazine rings is 1. The van der Waals surface area contributed by atoms with Crippen LogP contribution in [0.2, 0.25) is 0 Å². The van der Waals surface area contributed by atoms with Gasteiger partial charge in [-0.15, -0.1) is 11.3 Å². The SMILES string of the molecule is C=S(c1ccc(C)c(-c2cc3cnc(Nc4ccc(OC5CCN(C)C5)cc4)nc3n(Cc3nccs3)c2=O)c1)C1CC1.COCCS(=O)(=O)c1ccc(-c2cc3cnc(Nc4ccc(N5CCNCC5)c(F)c4)nc3n(CC(=O)N3CCCC3)c2=O)c(C)c1.Cc1c(C2=Cc3cnc(Nc4ccc(C5CCCCS5)cc4)nc3N(CC3CCOCC3)C2)cccc1S(=O)(=O)C(C)C. The minimum atomic E-state index is -3.58. The fourth-order valence-electron chi connectivity index (χ4n) is 17.9. The molecule has 696 valence electrons. The highest BCUT2D eigenvalue weighted by Crippen LogP contribution is 2.46. The van der Waals surface area contributed by atoms with E-state index in [9.17, 15) is 31.2 Å². The molecule has 6 aliphatic heterocycles. The van der Waals surface area contributed by atoms with Crippen LogP contribution in [-0.4, -0.2) is 210 Å². The number of aryl methyl sites for hydroxylation is 2. The van der Waals surface area contributed by atoms with E-state index in [0.29, 0.717) is 117 Å². The Bertz CT molecular complexity index is 6680. The van der Waals surface area contributed by atoms with Crippen LogP contribution < -0.4 is 46.9 Å². The van der Waals surface area contributed by atoms with Crippen molar-refractivity contribution in [2.75, 3.05) is 137 Å². The monoisotopic (exact) mass is 1890 g/mol. The number of carbonyl (C=O) groups is 1. The number of halogens is 1. The largest absolute Gasteiger partial charge is 0.489 e. The molecule has 0 bridgehead atoms. The van der Waals surface area contributed by atoms with Gasteiger partial charge in [0.25, 0.3) is 11.1 Å². The first-order valence-corrected chi connectivity index (χ1v) is 52.3. The van der Waals surface area contributed by atoms with Crippen molar-refractivity contribution >= 4 is 145 Å². The number of benzene rings is 6. The third-order valence-corrected chi connectivity index (χ3v) is 33.9. The number of likely N-dealkylation sites (N-methyl/N-ethyl adjacent to an activating group) is 1. The second-order valence-electron chi connectivity index (χ2n) is 35.4. The number of aromatic nitrogens is 9. The number of hydrogen-bond acceptors (Lipinski definition) is 26. The molecule has 0 spiro atoms. The van der Waals surface area contributed by atoms with Gasteiger partial charge < -0.3 is 55.1 Å². The number of amides is 1. The predicted octanol–water partition coefficient (Wildman–Crippen LogP) is 16.9. The molecule has 1 amide bonds. The molecule has 6 aromatic heterocycles. The van der Waals surface area contributed by atoms with Crippen LogP contribution in [0.15, 0.2) is 188 Å². The van der Waals surface area contributed by atoms with E-state index < -0.39 is 30.5 Å². The van der Waals surface area contributed by atoms with Gasteiger partial charge in [0.15, 0.2) is 19.7 Å². The van der Waals surface area contributed by atoms with Gasteiger partial charge in [-0.25, -0.2) is 41.2 Å². The summed E-state index contributed by atoms with van der Waals surface area (Å²) in [5.41, 5.74) is 12.3. The fourth-order valence-corrected chi connectivity index (χ4v) is 24.0. The minimum Gasteiger partial charge on any atom is -0.489 e. The number of sulfone groups is 2. The maximum absolute atomic E-state index is 15.1. The van der Waals surface area contributed by atoms with Crippen LogP contribution in [0.1, 0.15) is 122 Å². The molecule has 133 heavy (non-hydrogen) atoms. The summed E-state index contributed by atoms with van der Waals surface area (Å²) >= 11 is 3.59. The average Bonchev–Trinajstić information content (AvgIpc) is 1.65. The van der Waals surface area contributed by atoms with Gasteiger partial charge in [-0.3, -0.25) is 23.5 Å². The van der Waals surface area contributed by atoms with Gasteiger partial charge in [-0.2, -0.15) is 37.2 Å². The van der Waals surface area contributed by atoms with Gasteiger partial charge in [-0.05, 0) is 259 Å². The smallest absolute Gasteiger partial charge is 0.260 e. The molecular formula is C100H114FN17O10S5. The third kappa shape index (κ3) is 22.1. The summed E-state index contributed by atoms with van der Waals surface area (Å²) in [5.74, 6) is 8.36. The zero-order valence-corrected chi connectivity index (χ0v) is 80.2. The number of pyridine rings is 2. The van der Waals surface area contributed by atoms with Gasteiger partial charge >= 0.3 is 0 Å². The Kier molecular flexibility index (Phi) is 29.4. The maximum atomic E-state index is 15.1. The molecule has 19 rings (SSSR count). The molecule has 12 aromatic rings. The summed E-state index contributed by atoms with van der Waals surface area (Å²) in [6.07, 6.45) is 20.6. The lowest BCUT2D eigenvalue weighted by atomic mass is 9.94. The van der Waals surface area contributed by atoms with Crippen LogP contribution in [0, 0.1) is 32.5 Å². The maximum Gasteiger partial charge on any atom is 0.260 e. The van der Waals surface area contributed by atoms with Crippen LogP contribution in [0.3, 0.4) is 0 Å². The Hall–Kier alpha value is -11.1. The van der Waals surface area contributed by atoms with Gasteiger partial charge in [0, 0.05) is 176 Å². The number of likely N-dealkylation sites (tertiary alicyclic amines) is 2. The van der Waals surface area contributed by atoms with E-state index in [-0.39, 0.29) is 69.3 Å². The molecule has 3 atom stereocenters. The fraction of sp³-hybridized carbons (Fsp3) is 0.390. The third-order valence-electron chi connectivity index (χ3n) is 25.6. The van der Waals surface area contributed by atoms with E-state index in [1.54, 1.807) is 85.2 Å². The van der Waals surface area contributed by atoms with Gasteiger partial charge in [0.05, 0.1) is 39.6 Å². The zero-order valence-electron chi connectivity index (χ0n) is 76.2. The van der Waals surface area contributed by atoms with Crippen LogP contribution in [0.25, 0.3) is 56.0 Å². The minimum absolute atomic E-state index is 0.0666. The van der Waals surface area contributed by atoms with Crippen molar-refractivity contribution in [2.24, 2.45) is 5.92 Å². The molecule has 33 heteroatoms. The predicted molar refractivity (Wildman–Crippen MR) is 534 cm³/mol. The molecule has 27 nitrogen and oxygen atoms in total. The second kappa shape index (κ2) is 41.8. The number of thioether (sulfide) groups is 1. The molecule has 6 fully saturated rings. The first-order chi connectivity index (χ1) is 64.3. The molecule has 5 saturated heterocycles. The molecule has 3 unspecified atom stereocenters. The summed E-state index contributed by atoms with van der Waals surface area (Å²) in [5, 5.41) is 17.9. The van der Waals surface area contributed by atoms with Crippen molar-refractivity contribution in [1.82, 2.24) is 59.1 Å². The number of ether oxygens (including phenoxy) is 3. The lowest BCUT2D eigenvalue weighted by Crippen LogP contribution is -2.43. The lowest BCUT2D eigenvalue weighted by molar-refractivity contribution is -0.130. The van der Waals surface area contributed by atoms with Gasteiger partial charge in [-0.1, -0.05) is 48.7 Å². The quantitative estimate of drug-likeness (QED) is 0.0348. The van der Waals surface area contributed by atoms with Crippen molar-refractivity contribution in [3.63, 3.8) is 0 Å². The zero-order chi connectivity index (χ0) is 92.6. The highest BCUT2D eigenvalue weighted by atomic mass is 32.2. The summed E-state index contributed by atoms with van der Waals surface area (Å²) < 4.78 is 86.7. The van der Waals surface area contributed by atoms with E-state index in [2.05, 4.69) is 131 Å². The molecule has 1 aliphatic carbocycles. The number of anilines is 8. The number of rotatable bonds is 27. The van der Waals surface area contributed by atoms with Crippen LogP contribution in [-0.2, 0) is 47.0 Å². The van der Waals surface area contributed by atoms with E-state index in [1.807, 2.05) is 65.9 Å². The van der Waals surface area contributed by atoms with Crippen LogP contribution >= 0.6 is 33.6 Å². The molecule has 6 aromatic carbocycles. The molecule has 12 heterocycles. The molecule has 0 radical (unpaired) electrons. The average molecular weight is 1890 g/mol. The summed E-state index contributed by atoms with van der Waals surface area (Å²) in [6, 6.07) is 41.7. The number of fused-ring (bicyclic) bond motifs is 3. The molecule has 1 saturated carbocycles. The first-order valence-electron chi connectivity index (χ1n) is 45.8. The van der Waals surface area contributed by atoms with E-state index >= 15 is 4.39 Å². The molecular weight excluding hydrogens is 1780 g/mol. The Labute approximate surface area is 786 Å². The molecule has 4 N–H and O–H groups in total. The highest BCUT2D eigenvalue weighted by Gasteiger charge is 2.33. The summed E-state index contributed by atoms with van der Waals surface area (Å²) in [7, 11) is -3.49. The van der Waals surface area contributed by atoms with E-state index in [0.717, 1.165) is 145 Å². The van der Waals surface area contributed by atoms with Crippen molar-refractivity contribution in [3.05, 3.63) is 229 Å². The number of carbonyl (C=O) groups excluding carboxylic acids is 1. The van der Waals surface area contributed by atoms with Crippen molar-refractivity contribution in [3.8, 4) is 28.0 Å². The lowest BCUT2D eigenvalue weighted by Gasteiger charge is -2.35. The summed E-state index contributed by atoms with van der Waals surface area (Å²) in [4.78, 5) is 84.4. The van der Waals surface area contributed by atoms with Gasteiger partial charge in [0.1, 0.15) is 46.3 Å². The normalized spacial score (nSPS) is 17.5. The number of thiazole rings is 1. The Morgan fingerprint density at radius 2 is 1.36 bits per heavy atom.